The average Bonchev–Trinajstić information content (AvgIpc) is 3.93. The van der Waals surface area contributed by atoms with Gasteiger partial charge in [-0.2, -0.15) is 18.2 Å². The van der Waals surface area contributed by atoms with Gasteiger partial charge in [-0.15, -0.1) is 29.7 Å². The Labute approximate surface area is 355 Å². The minimum Gasteiger partial charge on any atom is -0.510 e. The number of ether oxygens (including phenoxy) is 1. The molecule has 4 aromatic heterocycles. The second-order valence-electron chi connectivity index (χ2n) is 15.7. The van der Waals surface area contributed by atoms with Crippen molar-refractivity contribution >= 4 is 54.8 Å². The molecule has 59 heavy (non-hydrogen) atoms. The van der Waals surface area contributed by atoms with E-state index < -0.39 is 0 Å². The zero-order chi connectivity index (χ0) is 39.0. The largest absolute Gasteiger partial charge is 0.510 e. The van der Waals surface area contributed by atoms with Gasteiger partial charge in [0, 0.05) is 55.1 Å². The first kappa shape index (κ1) is 36.6. The molecule has 0 aliphatic carbocycles. The first-order valence-electron chi connectivity index (χ1n) is 19.5. The summed E-state index contributed by atoms with van der Waals surface area (Å²) in [6.07, 6.45) is 5.63. The summed E-state index contributed by atoms with van der Waals surface area (Å²) in [6.45, 7) is 6.66. The first-order valence-corrected chi connectivity index (χ1v) is 19.5. The Morgan fingerprint density at radius 1 is 0.644 bits per heavy atom. The molecule has 11 aromatic rings. The monoisotopic (exact) mass is 943 g/mol. The van der Waals surface area contributed by atoms with Crippen molar-refractivity contribution in [2.75, 3.05) is 0 Å². The molecule has 7 aromatic carbocycles. The van der Waals surface area contributed by atoms with Crippen molar-refractivity contribution in [2.45, 2.75) is 26.2 Å². The van der Waals surface area contributed by atoms with Gasteiger partial charge in [-0.1, -0.05) is 123 Å². The van der Waals surface area contributed by atoms with Gasteiger partial charge in [-0.25, -0.2) is 4.98 Å². The Bertz CT molecular complexity index is 3370. The van der Waals surface area contributed by atoms with Crippen molar-refractivity contribution in [2.24, 2.45) is 0 Å². The molecular weight excluding hydrogens is 908 g/mol. The number of hydrogen-bond acceptors (Lipinski definition) is 3. The zero-order valence-electron chi connectivity index (χ0n) is 32.5. The molecule has 0 saturated carbocycles. The quantitative estimate of drug-likeness (QED) is 0.123. The summed E-state index contributed by atoms with van der Waals surface area (Å²) in [7, 11) is 0. The van der Waals surface area contributed by atoms with Crippen LogP contribution in [0.15, 0.2) is 168 Å². The summed E-state index contributed by atoms with van der Waals surface area (Å²) in [4.78, 5) is 4.84. The molecule has 11 rings (SSSR count). The molecular formula is C52H36N4O2Pt-2. The van der Waals surface area contributed by atoms with Gasteiger partial charge in [0.25, 0.3) is 6.33 Å². The number of nitrogens with zero attached hydrogens (tertiary/aromatic N) is 4. The fraction of sp³-hybridized carbons (Fsp3) is 0.0769. The van der Waals surface area contributed by atoms with E-state index in [1.807, 2.05) is 48.7 Å². The Balaban J connectivity index is 0.00000420. The van der Waals surface area contributed by atoms with E-state index in [9.17, 15) is 0 Å². The summed E-state index contributed by atoms with van der Waals surface area (Å²) >= 11 is 0. The number of aromatic nitrogens is 4. The van der Waals surface area contributed by atoms with Gasteiger partial charge < -0.3 is 18.3 Å². The second kappa shape index (κ2) is 14.3. The van der Waals surface area contributed by atoms with E-state index in [1.165, 1.54) is 5.56 Å². The summed E-state index contributed by atoms with van der Waals surface area (Å²) < 4.78 is 19.4. The molecule has 7 heteroatoms. The fourth-order valence-corrected chi connectivity index (χ4v) is 8.21. The molecule has 0 atom stereocenters. The van der Waals surface area contributed by atoms with Crippen molar-refractivity contribution in [3.63, 3.8) is 0 Å². The van der Waals surface area contributed by atoms with Crippen LogP contribution >= 0.6 is 0 Å². The van der Waals surface area contributed by atoms with E-state index in [4.69, 9.17) is 14.1 Å². The number of benzene rings is 7. The molecule has 0 unspecified atom stereocenters. The smallest absolute Gasteiger partial charge is 0.268 e. The van der Waals surface area contributed by atoms with E-state index in [0.717, 1.165) is 83.1 Å². The van der Waals surface area contributed by atoms with Crippen molar-refractivity contribution in [1.82, 2.24) is 14.1 Å². The van der Waals surface area contributed by atoms with Crippen LogP contribution < -0.4 is 9.30 Å². The van der Waals surface area contributed by atoms with Crippen LogP contribution in [0.3, 0.4) is 0 Å². The Morgan fingerprint density at radius 3 is 2.24 bits per heavy atom. The van der Waals surface area contributed by atoms with E-state index in [0.29, 0.717) is 11.5 Å². The predicted octanol–water partition coefficient (Wildman–Crippen LogP) is 12.5. The fourth-order valence-electron chi connectivity index (χ4n) is 8.21. The molecule has 0 spiro atoms. The van der Waals surface area contributed by atoms with Crippen LogP contribution in [0.5, 0.6) is 11.5 Å². The number of imidazole rings is 1. The number of hydrogen-bond donors (Lipinski definition) is 0. The van der Waals surface area contributed by atoms with E-state index in [-0.39, 0.29) is 26.5 Å². The second-order valence-corrected chi connectivity index (χ2v) is 15.7. The van der Waals surface area contributed by atoms with Crippen molar-refractivity contribution in [3.05, 3.63) is 188 Å². The standard InChI is InChI=1S/C52H36N4O2.Pt/c1-52(2,3)35-28-29-53-49(30-35)56-43-20-9-7-18-40(43)41-25-24-38(32-46(41)56)57-37-17-13-16-36(31-37)54-33-55(45-22-11-10-21-44(45)54)51-39(34-14-5-4-6-15-34)26-27-48-50(51)42-19-8-12-23-47(42)58-48;/h4-30H,1-3H3;/q-2;. The molecule has 0 fully saturated rings. The van der Waals surface area contributed by atoms with Crippen LogP contribution in [0.25, 0.3) is 83.1 Å². The normalized spacial score (nSPS) is 11.8. The Morgan fingerprint density at radius 2 is 1.39 bits per heavy atom. The van der Waals surface area contributed by atoms with Gasteiger partial charge in [0.15, 0.2) is 0 Å². The summed E-state index contributed by atoms with van der Waals surface area (Å²) in [6, 6.07) is 61.2. The molecule has 0 amide bonds. The van der Waals surface area contributed by atoms with Gasteiger partial charge in [-0.05, 0) is 63.5 Å². The van der Waals surface area contributed by atoms with Crippen LogP contribution in [0.1, 0.15) is 26.3 Å². The third-order valence-electron chi connectivity index (χ3n) is 11.0. The van der Waals surface area contributed by atoms with Gasteiger partial charge in [0.2, 0.25) is 0 Å². The maximum absolute atomic E-state index is 6.60. The van der Waals surface area contributed by atoms with Gasteiger partial charge >= 0.3 is 0 Å². The number of furan rings is 1. The van der Waals surface area contributed by atoms with Gasteiger partial charge in [-0.3, -0.25) is 4.57 Å². The van der Waals surface area contributed by atoms with E-state index >= 15 is 0 Å². The predicted molar refractivity (Wildman–Crippen MR) is 231 cm³/mol. The van der Waals surface area contributed by atoms with Crippen LogP contribution in [-0.2, 0) is 26.5 Å². The minimum absolute atomic E-state index is 0. The van der Waals surface area contributed by atoms with Gasteiger partial charge in [0.1, 0.15) is 17.0 Å². The molecule has 0 saturated heterocycles. The summed E-state index contributed by atoms with van der Waals surface area (Å²) in [5.74, 6) is 1.99. The van der Waals surface area contributed by atoms with Crippen LogP contribution in [0, 0.1) is 18.5 Å². The third kappa shape index (κ3) is 6.14. The van der Waals surface area contributed by atoms with E-state index in [1.54, 1.807) is 0 Å². The van der Waals surface area contributed by atoms with Crippen LogP contribution in [-0.4, -0.2) is 14.1 Å². The van der Waals surface area contributed by atoms with E-state index in [2.05, 4.69) is 168 Å². The van der Waals surface area contributed by atoms with Crippen molar-refractivity contribution in [3.8, 4) is 39.8 Å². The summed E-state index contributed by atoms with van der Waals surface area (Å²) in [5, 5.41) is 4.30. The number of para-hydroxylation sites is 4. The molecule has 4 heterocycles. The van der Waals surface area contributed by atoms with Crippen LogP contribution in [0.4, 0.5) is 0 Å². The molecule has 0 radical (unpaired) electrons. The number of pyridine rings is 1. The zero-order valence-corrected chi connectivity index (χ0v) is 34.8. The molecule has 0 aliphatic rings. The van der Waals surface area contributed by atoms with Gasteiger partial charge in [0.05, 0.1) is 16.7 Å². The maximum atomic E-state index is 6.60. The third-order valence-corrected chi connectivity index (χ3v) is 11.0. The first-order chi connectivity index (χ1) is 28.4. The minimum atomic E-state index is -0.0256. The van der Waals surface area contributed by atoms with Crippen molar-refractivity contribution < 1.29 is 34.8 Å². The van der Waals surface area contributed by atoms with Crippen LogP contribution in [0.2, 0.25) is 0 Å². The molecule has 0 N–H and O–H groups in total. The van der Waals surface area contributed by atoms with Crippen molar-refractivity contribution in [1.29, 1.82) is 0 Å². The number of rotatable bonds is 6. The SMILES string of the molecule is CC(C)(C)c1ccnc(-n2c3[c-]c(Oc4[c-]c(-n5[c-][n+](-c6c(-c7ccccc7)ccc7oc8ccccc8c67)c6ccccc65)ccc4)ccc3c3ccccc32)c1.[Pt]. The molecule has 288 valence electrons. The molecule has 6 nitrogen and oxygen atoms in total. The topological polar surface area (TPSA) is 49.0 Å². The Hall–Kier alpha value is -6.75. The maximum Gasteiger partial charge on any atom is 0.268 e. The molecule has 0 bridgehead atoms. The molecule has 0 aliphatic heterocycles. The Kier molecular flexibility index (Phi) is 8.84. The number of fused-ring (bicyclic) bond motifs is 7. The average molecular weight is 944 g/mol. The summed E-state index contributed by atoms with van der Waals surface area (Å²) in [5.41, 5.74) is 10.7.